The molecule has 7 nitrogen and oxygen atoms in total. The van der Waals surface area contributed by atoms with E-state index in [0.717, 1.165) is 50.3 Å². The predicted octanol–water partition coefficient (Wildman–Crippen LogP) is 1.26. The van der Waals surface area contributed by atoms with Crippen LogP contribution in [-0.2, 0) is 17.8 Å². The average molecular weight is 347 g/mol. The Balaban J connectivity index is 1.69. The van der Waals surface area contributed by atoms with Crippen LogP contribution in [0.4, 0.5) is 0 Å². The van der Waals surface area contributed by atoms with E-state index in [2.05, 4.69) is 28.9 Å². The Morgan fingerprint density at radius 1 is 1.12 bits per heavy atom. The monoisotopic (exact) mass is 347 g/mol. The lowest BCUT2D eigenvalue weighted by molar-refractivity contribution is -0.132. The van der Waals surface area contributed by atoms with Crippen LogP contribution in [0.1, 0.15) is 55.4 Å². The van der Waals surface area contributed by atoms with Crippen molar-refractivity contribution >= 4 is 11.8 Å². The molecule has 25 heavy (non-hydrogen) atoms. The molecule has 7 heteroatoms. The van der Waals surface area contributed by atoms with Crippen molar-refractivity contribution in [1.29, 1.82) is 0 Å². The summed E-state index contributed by atoms with van der Waals surface area (Å²) in [6.07, 6.45) is 2.15. The molecule has 0 atom stereocenters. The number of carbonyl (C=O) groups is 2. The van der Waals surface area contributed by atoms with Crippen LogP contribution in [0.2, 0.25) is 0 Å². The molecule has 0 radical (unpaired) electrons. The number of nitrogens with one attached hydrogen (secondary N) is 1. The van der Waals surface area contributed by atoms with Crippen molar-refractivity contribution in [3.63, 3.8) is 0 Å². The summed E-state index contributed by atoms with van der Waals surface area (Å²) in [6.45, 7) is 10.8. The Bertz CT molecular complexity index is 631. The van der Waals surface area contributed by atoms with Gasteiger partial charge in [-0.15, -0.1) is 0 Å². The Morgan fingerprint density at radius 2 is 1.84 bits per heavy atom. The molecule has 0 spiro atoms. The molecule has 138 valence electrons. The van der Waals surface area contributed by atoms with Gasteiger partial charge in [0.1, 0.15) is 0 Å². The molecule has 0 bridgehead atoms. The SMILES string of the molecule is CCCC(=O)N1CCc2[nH]nc(C(=O)N3CCN(C(C)C)CC3)c2C1. The van der Waals surface area contributed by atoms with Crippen molar-refractivity contribution in [3.05, 3.63) is 17.0 Å². The molecule has 1 aromatic heterocycles. The molecule has 2 aliphatic rings. The van der Waals surface area contributed by atoms with E-state index in [0.29, 0.717) is 31.2 Å². The third-order valence-electron chi connectivity index (χ3n) is 5.28. The molecular formula is C18H29N5O2. The van der Waals surface area contributed by atoms with Crippen molar-refractivity contribution in [3.8, 4) is 0 Å². The number of rotatable bonds is 4. The summed E-state index contributed by atoms with van der Waals surface area (Å²) in [7, 11) is 0. The number of carbonyl (C=O) groups excluding carboxylic acids is 2. The smallest absolute Gasteiger partial charge is 0.274 e. The van der Waals surface area contributed by atoms with Crippen molar-refractivity contribution < 1.29 is 9.59 Å². The van der Waals surface area contributed by atoms with Crippen LogP contribution >= 0.6 is 0 Å². The van der Waals surface area contributed by atoms with Crippen molar-refractivity contribution in [1.82, 2.24) is 24.9 Å². The van der Waals surface area contributed by atoms with Crippen LogP contribution in [0.25, 0.3) is 0 Å². The molecule has 0 saturated carbocycles. The maximum Gasteiger partial charge on any atom is 0.274 e. The summed E-state index contributed by atoms with van der Waals surface area (Å²) in [6, 6.07) is 0.508. The first-order chi connectivity index (χ1) is 12.0. The molecule has 2 aliphatic heterocycles. The van der Waals surface area contributed by atoms with Gasteiger partial charge in [-0.1, -0.05) is 6.92 Å². The molecule has 0 aromatic carbocycles. The minimum Gasteiger partial charge on any atom is -0.338 e. The number of aromatic nitrogens is 2. The number of hydrogen-bond acceptors (Lipinski definition) is 4. The number of piperazine rings is 1. The van der Waals surface area contributed by atoms with E-state index in [4.69, 9.17) is 0 Å². The minimum absolute atomic E-state index is 0.00861. The van der Waals surface area contributed by atoms with Gasteiger partial charge < -0.3 is 9.80 Å². The van der Waals surface area contributed by atoms with Gasteiger partial charge in [-0.25, -0.2) is 0 Å². The molecule has 0 unspecified atom stereocenters. The highest BCUT2D eigenvalue weighted by atomic mass is 16.2. The van der Waals surface area contributed by atoms with Crippen LogP contribution in [0, 0.1) is 0 Å². The van der Waals surface area contributed by atoms with Gasteiger partial charge in [0.2, 0.25) is 5.91 Å². The lowest BCUT2D eigenvalue weighted by Gasteiger charge is -2.36. The van der Waals surface area contributed by atoms with Crippen molar-refractivity contribution in [2.75, 3.05) is 32.7 Å². The zero-order valence-electron chi connectivity index (χ0n) is 15.5. The predicted molar refractivity (Wildman–Crippen MR) is 95.2 cm³/mol. The van der Waals surface area contributed by atoms with Gasteiger partial charge in [0.25, 0.3) is 5.91 Å². The Hall–Kier alpha value is -1.89. The largest absolute Gasteiger partial charge is 0.338 e. The van der Waals surface area contributed by atoms with Crippen LogP contribution in [0.15, 0.2) is 0 Å². The maximum atomic E-state index is 12.9. The van der Waals surface area contributed by atoms with E-state index >= 15 is 0 Å². The summed E-state index contributed by atoms with van der Waals surface area (Å²) >= 11 is 0. The second-order valence-corrected chi connectivity index (χ2v) is 7.27. The number of hydrogen-bond donors (Lipinski definition) is 1. The van der Waals surface area contributed by atoms with Crippen LogP contribution in [0.3, 0.4) is 0 Å². The highest BCUT2D eigenvalue weighted by Gasteiger charge is 2.31. The van der Waals surface area contributed by atoms with Gasteiger partial charge in [0, 0.05) is 69.4 Å². The first kappa shape index (κ1) is 17.9. The first-order valence-corrected chi connectivity index (χ1v) is 9.38. The first-order valence-electron chi connectivity index (χ1n) is 9.38. The molecule has 3 heterocycles. The number of H-pyrrole nitrogens is 1. The summed E-state index contributed by atoms with van der Waals surface area (Å²) in [4.78, 5) is 31.3. The Morgan fingerprint density at radius 3 is 2.48 bits per heavy atom. The summed E-state index contributed by atoms with van der Waals surface area (Å²) in [5.74, 6) is 0.156. The number of amides is 2. The maximum absolute atomic E-state index is 12.9. The molecule has 3 rings (SSSR count). The summed E-state index contributed by atoms with van der Waals surface area (Å²) in [5.41, 5.74) is 2.42. The molecule has 1 aromatic rings. The Kier molecular flexibility index (Phi) is 5.42. The van der Waals surface area contributed by atoms with E-state index in [1.54, 1.807) is 0 Å². The molecule has 1 N–H and O–H groups in total. The van der Waals surface area contributed by atoms with Crippen molar-refractivity contribution in [2.45, 2.75) is 52.6 Å². The van der Waals surface area contributed by atoms with Crippen LogP contribution < -0.4 is 0 Å². The fourth-order valence-electron chi connectivity index (χ4n) is 3.65. The molecule has 2 amide bonds. The van der Waals surface area contributed by atoms with E-state index < -0.39 is 0 Å². The Labute approximate surface area is 149 Å². The molecular weight excluding hydrogens is 318 g/mol. The van der Waals surface area contributed by atoms with Crippen LogP contribution in [0.5, 0.6) is 0 Å². The van der Waals surface area contributed by atoms with Crippen LogP contribution in [-0.4, -0.2) is 75.5 Å². The average Bonchev–Trinajstić information content (AvgIpc) is 3.04. The quantitative estimate of drug-likeness (QED) is 0.890. The van der Waals surface area contributed by atoms with Gasteiger partial charge in [-0.2, -0.15) is 5.10 Å². The van der Waals surface area contributed by atoms with Gasteiger partial charge in [-0.05, 0) is 20.3 Å². The summed E-state index contributed by atoms with van der Waals surface area (Å²) in [5, 5.41) is 7.32. The molecule has 1 fully saturated rings. The van der Waals surface area contributed by atoms with E-state index in [9.17, 15) is 9.59 Å². The van der Waals surface area contributed by atoms with Crippen molar-refractivity contribution in [2.24, 2.45) is 0 Å². The number of nitrogens with zero attached hydrogens (tertiary/aromatic N) is 4. The number of fused-ring (bicyclic) bond motifs is 1. The molecule has 1 saturated heterocycles. The lowest BCUT2D eigenvalue weighted by atomic mass is 10.0. The number of aromatic amines is 1. The van der Waals surface area contributed by atoms with Gasteiger partial charge in [0.15, 0.2) is 5.69 Å². The summed E-state index contributed by atoms with van der Waals surface area (Å²) < 4.78 is 0. The van der Waals surface area contributed by atoms with E-state index in [1.165, 1.54) is 0 Å². The normalized spacial score (nSPS) is 18.6. The minimum atomic E-state index is -0.00861. The fraction of sp³-hybridized carbons (Fsp3) is 0.722. The third-order valence-corrected chi connectivity index (χ3v) is 5.28. The van der Waals surface area contributed by atoms with E-state index in [-0.39, 0.29) is 11.8 Å². The molecule has 0 aliphatic carbocycles. The zero-order valence-corrected chi connectivity index (χ0v) is 15.5. The van der Waals surface area contributed by atoms with Gasteiger partial charge in [0.05, 0.1) is 0 Å². The van der Waals surface area contributed by atoms with Gasteiger partial charge in [-0.3, -0.25) is 19.6 Å². The fourth-order valence-corrected chi connectivity index (χ4v) is 3.65. The second-order valence-electron chi connectivity index (χ2n) is 7.27. The van der Waals surface area contributed by atoms with Gasteiger partial charge >= 0.3 is 0 Å². The second kappa shape index (κ2) is 7.56. The lowest BCUT2D eigenvalue weighted by Crippen LogP contribution is -2.51. The van der Waals surface area contributed by atoms with E-state index in [1.807, 2.05) is 16.7 Å². The third kappa shape index (κ3) is 3.71. The zero-order chi connectivity index (χ0) is 18.0. The highest BCUT2D eigenvalue weighted by Crippen LogP contribution is 2.23. The standard InChI is InChI=1S/C18H29N5O2/c1-4-5-16(24)23-7-6-15-14(12-23)17(20-19-15)18(25)22-10-8-21(9-11-22)13(2)3/h13H,4-12H2,1-3H3,(H,19,20). The highest BCUT2D eigenvalue weighted by molar-refractivity contribution is 5.94. The topological polar surface area (TPSA) is 72.5 Å².